The minimum atomic E-state index is 0.255. The second-order valence-electron chi connectivity index (χ2n) is 4.65. The maximum absolute atomic E-state index is 5.69. The van der Waals surface area contributed by atoms with Gasteiger partial charge in [-0.25, -0.2) is 0 Å². The lowest BCUT2D eigenvalue weighted by Gasteiger charge is -2.15. The Hall–Kier alpha value is -1.17. The molecule has 0 fully saturated rings. The summed E-state index contributed by atoms with van der Waals surface area (Å²) < 4.78 is 2.08. The van der Waals surface area contributed by atoms with Crippen molar-refractivity contribution in [2.45, 2.75) is 45.7 Å². The van der Waals surface area contributed by atoms with Gasteiger partial charge in [0.05, 0.1) is 5.69 Å². The third-order valence-electron chi connectivity index (χ3n) is 3.29. The molecule has 0 radical (unpaired) electrons. The fourth-order valence-corrected chi connectivity index (χ4v) is 3.03. The van der Waals surface area contributed by atoms with E-state index < -0.39 is 0 Å². The Balaban J connectivity index is 2.07. The molecule has 2 aromatic rings. The highest BCUT2D eigenvalue weighted by Gasteiger charge is 2.13. The molecule has 0 saturated carbocycles. The maximum atomic E-state index is 5.69. The predicted molar refractivity (Wildman–Crippen MR) is 80.1 cm³/mol. The number of nitrogens with zero attached hydrogens (tertiary/aromatic N) is 2. The summed E-state index contributed by atoms with van der Waals surface area (Å²) in [6, 6.07) is 6.69. The highest BCUT2D eigenvalue weighted by Crippen LogP contribution is 2.14. The summed E-state index contributed by atoms with van der Waals surface area (Å²) in [6.07, 6.45) is 2.85. The van der Waals surface area contributed by atoms with Gasteiger partial charge < -0.3 is 0 Å². The van der Waals surface area contributed by atoms with Gasteiger partial charge in [-0.2, -0.15) is 5.10 Å². The standard InChI is InChI=1S/C14H22N4S/c1-3-11-8-13(18(4-2)17-11)9-12(16-15)10-14-6-5-7-19-14/h5-8,12,16H,3-4,9-10,15H2,1-2H3. The summed E-state index contributed by atoms with van der Waals surface area (Å²) in [7, 11) is 0. The molecule has 0 aliphatic heterocycles. The van der Waals surface area contributed by atoms with Crippen LogP contribution in [0, 0.1) is 0 Å². The Morgan fingerprint density at radius 2 is 2.26 bits per heavy atom. The van der Waals surface area contributed by atoms with Gasteiger partial charge in [-0.15, -0.1) is 11.3 Å². The molecule has 2 heterocycles. The van der Waals surface area contributed by atoms with Gasteiger partial charge in [0.2, 0.25) is 0 Å². The second-order valence-corrected chi connectivity index (χ2v) is 5.68. The molecule has 104 valence electrons. The van der Waals surface area contributed by atoms with Crippen molar-refractivity contribution in [1.29, 1.82) is 0 Å². The van der Waals surface area contributed by atoms with E-state index in [9.17, 15) is 0 Å². The molecule has 5 heteroatoms. The van der Waals surface area contributed by atoms with Crippen LogP contribution in [-0.4, -0.2) is 15.8 Å². The van der Waals surface area contributed by atoms with Crippen LogP contribution in [0.1, 0.15) is 30.1 Å². The summed E-state index contributed by atoms with van der Waals surface area (Å²) in [5.74, 6) is 5.69. The molecule has 2 aromatic heterocycles. The first kappa shape index (κ1) is 14.2. The first-order chi connectivity index (χ1) is 9.26. The largest absolute Gasteiger partial charge is 0.271 e. The predicted octanol–water partition coefficient (Wildman–Crippen LogP) is 2.14. The van der Waals surface area contributed by atoms with Crippen molar-refractivity contribution in [3.63, 3.8) is 0 Å². The van der Waals surface area contributed by atoms with E-state index in [-0.39, 0.29) is 6.04 Å². The van der Waals surface area contributed by atoms with Crippen molar-refractivity contribution >= 4 is 11.3 Å². The smallest absolute Gasteiger partial charge is 0.0624 e. The third-order valence-corrected chi connectivity index (χ3v) is 4.19. The third kappa shape index (κ3) is 3.65. The van der Waals surface area contributed by atoms with E-state index in [1.807, 2.05) is 0 Å². The van der Waals surface area contributed by atoms with Crippen molar-refractivity contribution in [1.82, 2.24) is 15.2 Å². The van der Waals surface area contributed by atoms with Crippen LogP contribution in [0.25, 0.3) is 0 Å². The summed E-state index contributed by atoms with van der Waals surface area (Å²) >= 11 is 1.78. The van der Waals surface area contributed by atoms with Crippen LogP contribution in [0.3, 0.4) is 0 Å². The second kappa shape index (κ2) is 6.84. The lowest BCUT2D eigenvalue weighted by Crippen LogP contribution is -2.38. The zero-order valence-corrected chi connectivity index (χ0v) is 12.4. The topological polar surface area (TPSA) is 55.9 Å². The summed E-state index contributed by atoms with van der Waals surface area (Å²) in [5.41, 5.74) is 5.35. The first-order valence-corrected chi connectivity index (χ1v) is 7.68. The minimum absolute atomic E-state index is 0.255. The number of hydrogen-bond acceptors (Lipinski definition) is 4. The highest BCUT2D eigenvalue weighted by molar-refractivity contribution is 7.09. The van der Waals surface area contributed by atoms with Gasteiger partial charge in [0.15, 0.2) is 0 Å². The van der Waals surface area contributed by atoms with E-state index in [1.54, 1.807) is 11.3 Å². The molecule has 0 spiro atoms. The molecule has 0 amide bonds. The van der Waals surface area contributed by atoms with Crippen LogP contribution in [0.5, 0.6) is 0 Å². The van der Waals surface area contributed by atoms with E-state index >= 15 is 0 Å². The average Bonchev–Trinajstić information content (AvgIpc) is 3.06. The molecule has 0 aliphatic rings. The van der Waals surface area contributed by atoms with Crippen molar-refractivity contribution in [3.05, 3.63) is 39.8 Å². The lowest BCUT2D eigenvalue weighted by molar-refractivity contribution is 0.498. The zero-order valence-electron chi connectivity index (χ0n) is 11.6. The van der Waals surface area contributed by atoms with Gasteiger partial charge in [0.1, 0.15) is 0 Å². The molecule has 0 aliphatic carbocycles. The number of thiophene rings is 1. The fraction of sp³-hybridized carbons (Fsp3) is 0.500. The molecule has 1 atom stereocenters. The van der Waals surface area contributed by atoms with E-state index in [0.29, 0.717) is 0 Å². The van der Waals surface area contributed by atoms with Crippen LogP contribution in [0.15, 0.2) is 23.6 Å². The molecular weight excluding hydrogens is 256 g/mol. The van der Waals surface area contributed by atoms with Crippen LogP contribution in [-0.2, 0) is 25.8 Å². The van der Waals surface area contributed by atoms with Crippen LogP contribution in [0.4, 0.5) is 0 Å². The zero-order chi connectivity index (χ0) is 13.7. The molecule has 0 bridgehead atoms. The van der Waals surface area contributed by atoms with Gasteiger partial charge in [0, 0.05) is 29.6 Å². The van der Waals surface area contributed by atoms with Crippen LogP contribution >= 0.6 is 11.3 Å². The number of rotatable bonds is 7. The molecule has 0 aromatic carbocycles. The minimum Gasteiger partial charge on any atom is -0.271 e. The Kier molecular flexibility index (Phi) is 5.13. The van der Waals surface area contributed by atoms with Crippen LogP contribution < -0.4 is 11.3 Å². The molecule has 0 saturated heterocycles. The van der Waals surface area contributed by atoms with Gasteiger partial charge in [0.25, 0.3) is 0 Å². The lowest BCUT2D eigenvalue weighted by atomic mass is 10.1. The summed E-state index contributed by atoms with van der Waals surface area (Å²) in [6.45, 7) is 5.17. The van der Waals surface area contributed by atoms with E-state index in [2.05, 4.69) is 52.6 Å². The number of aryl methyl sites for hydroxylation is 2. The SMILES string of the molecule is CCc1cc(CC(Cc2cccs2)NN)n(CC)n1. The number of hydrazine groups is 1. The number of nitrogens with two attached hydrogens (primary N) is 1. The monoisotopic (exact) mass is 278 g/mol. The summed E-state index contributed by atoms with van der Waals surface area (Å²) in [4.78, 5) is 1.36. The quantitative estimate of drug-likeness (QED) is 0.603. The van der Waals surface area contributed by atoms with E-state index in [1.165, 1.54) is 10.6 Å². The van der Waals surface area contributed by atoms with Crippen molar-refractivity contribution in [2.24, 2.45) is 5.84 Å². The van der Waals surface area contributed by atoms with Gasteiger partial charge >= 0.3 is 0 Å². The molecule has 2 rings (SSSR count). The van der Waals surface area contributed by atoms with Gasteiger partial charge in [-0.1, -0.05) is 13.0 Å². The van der Waals surface area contributed by atoms with Gasteiger partial charge in [-0.3, -0.25) is 16.0 Å². The molecule has 19 heavy (non-hydrogen) atoms. The maximum Gasteiger partial charge on any atom is 0.0624 e. The van der Waals surface area contributed by atoms with Crippen molar-refractivity contribution in [3.8, 4) is 0 Å². The number of hydrogen-bond donors (Lipinski definition) is 2. The molecule has 3 N–H and O–H groups in total. The Labute approximate surface area is 118 Å². The van der Waals surface area contributed by atoms with Crippen molar-refractivity contribution < 1.29 is 0 Å². The number of aromatic nitrogens is 2. The molecular formula is C14H22N4S. The Morgan fingerprint density at radius 3 is 2.84 bits per heavy atom. The highest BCUT2D eigenvalue weighted by atomic mass is 32.1. The van der Waals surface area contributed by atoms with E-state index in [0.717, 1.165) is 31.5 Å². The van der Waals surface area contributed by atoms with E-state index in [4.69, 9.17) is 5.84 Å². The normalized spacial score (nSPS) is 12.8. The number of nitrogens with one attached hydrogen (secondary N) is 1. The molecule has 4 nitrogen and oxygen atoms in total. The van der Waals surface area contributed by atoms with Gasteiger partial charge in [-0.05, 0) is 37.3 Å². The Morgan fingerprint density at radius 1 is 1.42 bits per heavy atom. The fourth-order valence-electron chi connectivity index (χ4n) is 2.24. The average molecular weight is 278 g/mol. The molecule has 1 unspecified atom stereocenters. The summed E-state index contributed by atoms with van der Waals surface area (Å²) in [5, 5.41) is 6.69. The Bertz CT molecular complexity index is 490. The first-order valence-electron chi connectivity index (χ1n) is 6.80. The van der Waals surface area contributed by atoms with Crippen LogP contribution in [0.2, 0.25) is 0 Å². The van der Waals surface area contributed by atoms with Crippen molar-refractivity contribution in [2.75, 3.05) is 0 Å².